The number of hydrogen-bond donors (Lipinski definition) is 2. The highest BCUT2D eigenvalue weighted by atomic mass is 32.2. The number of amides is 1. The summed E-state index contributed by atoms with van der Waals surface area (Å²) in [6.45, 7) is 4.65. The van der Waals surface area contributed by atoms with Gasteiger partial charge in [0.15, 0.2) is 0 Å². The average molecular weight is 353 g/mol. The van der Waals surface area contributed by atoms with Crippen molar-refractivity contribution < 1.29 is 13.2 Å². The molecule has 0 bridgehead atoms. The highest BCUT2D eigenvalue weighted by molar-refractivity contribution is 7.89. The van der Waals surface area contributed by atoms with E-state index in [-0.39, 0.29) is 10.8 Å². The second-order valence-corrected chi connectivity index (χ2v) is 8.36. The van der Waals surface area contributed by atoms with Crippen molar-refractivity contribution >= 4 is 15.9 Å². The van der Waals surface area contributed by atoms with Crippen molar-refractivity contribution in [3.63, 3.8) is 0 Å². The topological polar surface area (TPSA) is 78.5 Å². The Labute approximate surface area is 144 Å². The van der Waals surface area contributed by atoms with Gasteiger partial charge in [0, 0.05) is 12.1 Å². The van der Waals surface area contributed by atoms with Gasteiger partial charge in [-0.1, -0.05) is 6.07 Å². The predicted octanol–water partition coefficient (Wildman–Crippen LogP) is 1.36. The minimum absolute atomic E-state index is 0.107. The molecule has 2 N–H and O–H groups in total. The van der Waals surface area contributed by atoms with Crippen LogP contribution in [0.1, 0.15) is 35.2 Å². The van der Waals surface area contributed by atoms with Crippen LogP contribution in [-0.2, 0) is 10.0 Å². The van der Waals surface area contributed by atoms with E-state index in [9.17, 15) is 13.2 Å². The van der Waals surface area contributed by atoms with Crippen LogP contribution in [0.3, 0.4) is 0 Å². The van der Waals surface area contributed by atoms with Gasteiger partial charge in [-0.3, -0.25) is 4.79 Å². The van der Waals surface area contributed by atoms with E-state index in [1.165, 1.54) is 32.0 Å². The first-order valence-electron chi connectivity index (χ1n) is 8.34. The van der Waals surface area contributed by atoms with E-state index in [4.69, 9.17) is 0 Å². The Morgan fingerprint density at radius 3 is 2.58 bits per heavy atom. The van der Waals surface area contributed by atoms with Crippen LogP contribution >= 0.6 is 0 Å². The number of carbonyl (C=O) groups is 1. The van der Waals surface area contributed by atoms with Crippen LogP contribution in [0.5, 0.6) is 0 Å². The van der Waals surface area contributed by atoms with E-state index in [1.807, 2.05) is 6.92 Å². The number of nitrogens with one attached hydrogen (secondary N) is 2. The molecule has 1 aliphatic rings. The van der Waals surface area contributed by atoms with Crippen molar-refractivity contribution in [1.29, 1.82) is 0 Å². The highest BCUT2D eigenvalue weighted by Crippen LogP contribution is 2.19. The fourth-order valence-corrected chi connectivity index (χ4v) is 3.72. The van der Waals surface area contributed by atoms with E-state index in [2.05, 4.69) is 22.0 Å². The Hall–Kier alpha value is -1.44. The lowest BCUT2D eigenvalue weighted by molar-refractivity contribution is 0.0948. The molecule has 0 saturated carbocycles. The lowest BCUT2D eigenvalue weighted by atomic mass is 9.94. The number of likely N-dealkylation sites (tertiary alicyclic amines) is 1. The highest BCUT2D eigenvalue weighted by Gasteiger charge is 2.18. The van der Waals surface area contributed by atoms with Gasteiger partial charge in [0.1, 0.15) is 0 Å². The van der Waals surface area contributed by atoms with Crippen LogP contribution in [0.15, 0.2) is 23.1 Å². The molecule has 0 atom stereocenters. The number of aryl methyl sites for hydroxylation is 1. The lowest BCUT2D eigenvalue weighted by Crippen LogP contribution is -2.33. The van der Waals surface area contributed by atoms with Gasteiger partial charge in [-0.25, -0.2) is 13.1 Å². The normalized spacial score (nSPS) is 17.0. The molecule has 0 spiro atoms. The van der Waals surface area contributed by atoms with Crippen LogP contribution in [0.25, 0.3) is 0 Å². The third-order valence-electron chi connectivity index (χ3n) is 4.71. The third-order valence-corrected chi connectivity index (χ3v) is 6.12. The summed E-state index contributed by atoms with van der Waals surface area (Å²) in [5.41, 5.74) is 1.18. The molecule has 0 aliphatic carbocycles. The molecule has 1 amide bonds. The second kappa shape index (κ2) is 8.09. The number of rotatable bonds is 6. The Balaban J connectivity index is 1.96. The molecule has 134 valence electrons. The zero-order chi connectivity index (χ0) is 17.7. The molecule has 1 aromatic rings. The van der Waals surface area contributed by atoms with Crippen molar-refractivity contribution in [3.8, 4) is 0 Å². The zero-order valence-corrected chi connectivity index (χ0v) is 15.4. The van der Waals surface area contributed by atoms with Crippen molar-refractivity contribution in [2.45, 2.75) is 31.1 Å². The maximum absolute atomic E-state index is 12.4. The molecule has 6 nitrogen and oxygen atoms in total. The van der Waals surface area contributed by atoms with Gasteiger partial charge in [0.25, 0.3) is 5.91 Å². The Morgan fingerprint density at radius 2 is 1.96 bits per heavy atom. The van der Waals surface area contributed by atoms with Crippen LogP contribution in [0.4, 0.5) is 0 Å². The van der Waals surface area contributed by atoms with E-state index in [0.29, 0.717) is 18.0 Å². The van der Waals surface area contributed by atoms with Gasteiger partial charge in [-0.05, 0) is 77.0 Å². The quantitative estimate of drug-likeness (QED) is 0.809. The van der Waals surface area contributed by atoms with Crippen LogP contribution in [0, 0.1) is 12.8 Å². The summed E-state index contributed by atoms with van der Waals surface area (Å²) >= 11 is 0. The smallest absolute Gasteiger partial charge is 0.251 e. The first kappa shape index (κ1) is 18.9. The molecule has 0 aromatic heterocycles. The number of nitrogens with zero attached hydrogens (tertiary/aromatic N) is 1. The Bertz CT molecular complexity index is 680. The summed E-state index contributed by atoms with van der Waals surface area (Å²) in [5.74, 6) is 0.437. The number of piperidine rings is 1. The number of hydrogen-bond acceptors (Lipinski definition) is 4. The standard InChI is InChI=1S/C17H27N3O3S/c1-13-4-5-15(24(22,23)18-2)12-16(13)17(21)19-9-6-14-7-10-20(3)11-8-14/h4-5,12,14,18H,6-11H2,1-3H3,(H,19,21). The van der Waals surface area contributed by atoms with Gasteiger partial charge in [0.05, 0.1) is 4.90 Å². The van der Waals surface area contributed by atoms with Gasteiger partial charge in [-0.2, -0.15) is 0 Å². The molecule has 1 fully saturated rings. The molecule has 24 heavy (non-hydrogen) atoms. The molecular weight excluding hydrogens is 326 g/mol. The summed E-state index contributed by atoms with van der Waals surface area (Å²) in [6, 6.07) is 4.61. The lowest BCUT2D eigenvalue weighted by Gasteiger charge is -2.28. The number of benzene rings is 1. The Kier molecular flexibility index (Phi) is 6.37. The minimum atomic E-state index is -3.55. The number of carbonyl (C=O) groups excluding carboxylic acids is 1. The number of sulfonamides is 1. The molecular formula is C17H27N3O3S. The first-order valence-corrected chi connectivity index (χ1v) is 9.82. The van der Waals surface area contributed by atoms with Crippen molar-refractivity contribution in [1.82, 2.24) is 14.9 Å². The summed E-state index contributed by atoms with van der Waals surface area (Å²) in [5, 5.41) is 2.93. The molecule has 1 heterocycles. The monoisotopic (exact) mass is 353 g/mol. The maximum Gasteiger partial charge on any atom is 0.251 e. The average Bonchev–Trinajstić information content (AvgIpc) is 2.56. The van der Waals surface area contributed by atoms with Crippen molar-refractivity contribution in [2.75, 3.05) is 33.7 Å². The van der Waals surface area contributed by atoms with Crippen molar-refractivity contribution in [3.05, 3.63) is 29.3 Å². The van der Waals surface area contributed by atoms with Gasteiger partial charge >= 0.3 is 0 Å². The van der Waals surface area contributed by atoms with E-state index >= 15 is 0 Å². The predicted molar refractivity (Wildman–Crippen MR) is 94.6 cm³/mol. The molecule has 0 unspecified atom stereocenters. The summed E-state index contributed by atoms with van der Waals surface area (Å²) in [6.07, 6.45) is 3.30. The third kappa shape index (κ3) is 4.78. The molecule has 7 heteroatoms. The maximum atomic E-state index is 12.4. The fourth-order valence-electron chi connectivity index (χ4n) is 2.97. The summed E-state index contributed by atoms with van der Waals surface area (Å²) < 4.78 is 26.0. The van der Waals surface area contributed by atoms with E-state index < -0.39 is 10.0 Å². The molecule has 2 rings (SSSR count). The summed E-state index contributed by atoms with van der Waals surface area (Å²) in [4.78, 5) is 14.8. The van der Waals surface area contributed by atoms with Crippen molar-refractivity contribution in [2.24, 2.45) is 5.92 Å². The van der Waals surface area contributed by atoms with E-state index in [0.717, 1.165) is 25.1 Å². The molecule has 1 aromatic carbocycles. The zero-order valence-electron chi connectivity index (χ0n) is 14.6. The van der Waals surface area contributed by atoms with Crippen LogP contribution in [0.2, 0.25) is 0 Å². The Morgan fingerprint density at radius 1 is 1.29 bits per heavy atom. The SMILES string of the molecule is CNS(=O)(=O)c1ccc(C)c(C(=O)NCCC2CCN(C)CC2)c1. The molecule has 1 saturated heterocycles. The minimum Gasteiger partial charge on any atom is -0.352 e. The van der Waals surface area contributed by atoms with Gasteiger partial charge in [0.2, 0.25) is 10.0 Å². The van der Waals surface area contributed by atoms with Gasteiger partial charge in [-0.15, -0.1) is 0 Å². The summed E-state index contributed by atoms with van der Waals surface area (Å²) in [7, 11) is -0.0589. The largest absolute Gasteiger partial charge is 0.352 e. The van der Waals surface area contributed by atoms with Crippen LogP contribution < -0.4 is 10.0 Å². The molecule has 0 radical (unpaired) electrons. The van der Waals surface area contributed by atoms with Gasteiger partial charge < -0.3 is 10.2 Å². The van der Waals surface area contributed by atoms with E-state index in [1.54, 1.807) is 6.07 Å². The molecule has 1 aliphatic heterocycles. The fraction of sp³-hybridized carbons (Fsp3) is 0.588. The first-order chi connectivity index (χ1) is 11.3. The second-order valence-electron chi connectivity index (χ2n) is 6.48. The van der Waals surface area contributed by atoms with Crippen LogP contribution in [-0.4, -0.2) is 53.0 Å².